The molecule has 1 atom stereocenters. The molecule has 12 radical (unpaired) electrons. The summed E-state index contributed by atoms with van der Waals surface area (Å²) in [6.45, 7) is 0. The minimum Gasteiger partial charge on any atom is -0.0883 e. The quantitative estimate of drug-likeness (QED) is 0.471. The van der Waals surface area contributed by atoms with Crippen molar-refractivity contribution in [3.8, 4) is 0 Å². The maximum absolute atomic E-state index is 2.60. The summed E-state index contributed by atoms with van der Waals surface area (Å²) in [7, 11) is 8.19. The highest BCUT2D eigenvalue weighted by molar-refractivity contribution is 7.41. The minimum atomic E-state index is 0.890. The Morgan fingerprint density at radius 3 is 2.36 bits per heavy atom. The van der Waals surface area contributed by atoms with Crippen molar-refractivity contribution in [2.75, 3.05) is 0 Å². The topological polar surface area (TPSA) is 0 Å². The fourth-order valence-corrected chi connectivity index (χ4v) is 33.6. The van der Waals surface area contributed by atoms with E-state index in [0.29, 0.717) is 0 Å². The summed E-state index contributed by atoms with van der Waals surface area (Å²) in [4.78, 5) is 1.24. The Morgan fingerprint density at radius 2 is 1.79 bits per heavy atom. The maximum atomic E-state index is 2.60. The molecule has 3 fully saturated rings. The molecule has 6 heteroatoms. The molecule has 0 aromatic heterocycles. The van der Waals surface area contributed by atoms with Crippen LogP contribution >= 0.6 is 0 Å². The van der Waals surface area contributed by atoms with Crippen LogP contribution in [0.15, 0.2) is 12.2 Å². The van der Waals surface area contributed by atoms with E-state index in [-0.39, 0.29) is 0 Å². The lowest BCUT2D eigenvalue weighted by Crippen LogP contribution is -2.59. The first-order valence-corrected chi connectivity index (χ1v) is 14.4. The average molecular weight is 275 g/mol. The Hall–Kier alpha value is 1.04. The van der Waals surface area contributed by atoms with E-state index in [1.807, 2.05) is 0 Å². The molecule has 14 heavy (non-hydrogen) atoms. The summed E-state index contributed by atoms with van der Waals surface area (Å²) < 4.78 is 0.890. The second-order valence-electron chi connectivity index (χ2n) is 4.01. The van der Waals surface area contributed by atoms with Gasteiger partial charge in [0.15, 0.2) is 0 Å². The van der Waals surface area contributed by atoms with Gasteiger partial charge in [-0.25, -0.2) is 0 Å². The molecule has 0 aromatic rings. The van der Waals surface area contributed by atoms with Crippen molar-refractivity contribution in [3.05, 3.63) is 12.2 Å². The van der Waals surface area contributed by atoms with E-state index in [4.69, 9.17) is 0 Å². The third kappa shape index (κ3) is 1.73. The Kier molecular flexibility index (Phi) is 3.01. The first-order chi connectivity index (χ1) is 6.89. The Balaban J connectivity index is 1.80. The minimum absolute atomic E-state index is 0.890. The van der Waals surface area contributed by atoms with Gasteiger partial charge in [0, 0.05) is 54.2 Å². The van der Waals surface area contributed by atoms with Gasteiger partial charge in [-0.3, -0.25) is 0 Å². The molecular formula is C8H10Si6. The van der Waals surface area contributed by atoms with Crippen molar-refractivity contribution in [1.29, 1.82) is 0 Å². The van der Waals surface area contributed by atoms with Crippen molar-refractivity contribution >= 4 is 54.2 Å². The molecular weight excluding hydrogens is 265 g/mol. The van der Waals surface area contributed by atoms with Gasteiger partial charge in [0.1, 0.15) is 0 Å². The smallest absolute Gasteiger partial charge is 0.0221 e. The molecule has 0 aromatic carbocycles. The van der Waals surface area contributed by atoms with E-state index in [1.165, 1.54) is 78.3 Å². The van der Waals surface area contributed by atoms with Crippen molar-refractivity contribution in [3.63, 3.8) is 0 Å². The van der Waals surface area contributed by atoms with E-state index in [1.54, 1.807) is 0 Å². The van der Waals surface area contributed by atoms with Crippen molar-refractivity contribution in [1.82, 2.24) is 0 Å². The fourth-order valence-electron chi connectivity index (χ4n) is 2.21. The first kappa shape index (κ1) is 10.2. The monoisotopic (exact) mass is 274 g/mol. The summed E-state index contributed by atoms with van der Waals surface area (Å²) in [6.07, 6.45) is 9.42. The van der Waals surface area contributed by atoms with Crippen molar-refractivity contribution in [2.45, 2.75) is 28.3 Å². The van der Waals surface area contributed by atoms with E-state index in [0.717, 1.165) is 10.2 Å². The van der Waals surface area contributed by atoms with Crippen molar-refractivity contribution in [2.24, 2.45) is 5.92 Å². The molecule has 3 saturated heterocycles. The molecule has 1 aliphatic carbocycles. The van der Waals surface area contributed by atoms with E-state index in [9.17, 15) is 0 Å². The molecule has 0 nitrogen and oxygen atoms in total. The number of hydrogen-bond acceptors (Lipinski definition) is 0. The summed E-state index contributed by atoms with van der Waals surface area (Å²) in [6, 6.07) is 0. The second-order valence-corrected chi connectivity index (χ2v) is 17.8. The molecule has 3 aliphatic heterocycles. The summed E-state index contributed by atoms with van der Waals surface area (Å²) in [5, 5.41) is 0. The fraction of sp³-hybridized carbons (Fsp3) is 0.750. The molecule has 3 heterocycles. The molecule has 0 N–H and O–H groups in total. The van der Waals surface area contributed by atoms with Crippen LogP contribution in [0.25, 0.3) is 0 Å². The molecule has 66 valence electrons. The number of rotatable bonds is 1. The lowest BCUT2D eigenvalue weighted by Gasteiger charge is -2.49. The van der Waals surface area contributed by atoms with Crippen LogP contribution in [0.3, 0.4) is 0 Å². The average Bonchev–Trinajstić information content (AvgIpc) is 2.33. The van der Waals surface area contributed by atoms with Crippen LogP contribution in [-0.2, 0) is 0 Å². The van der Waals surface area contributed by atoms with Gasteiger partial charge in [-0.2, -0.15) is 0 Å². The number of hydrogen-bond donors (Lipinski definition) is 0. The zero-order chi connectivity index (χ0) is 9.43. The Labute approximate surface area is 100 Å². The predicted molar refractivity (Wildman–Crippen MR) is 67.4 cm³/mol. The normalized spacial score (nSPS) is 46.9. The van der Waals surface area contributed by atoms with Crippen LogP contribution in [0, 0.1) is 5.92 Å². The van der Waals surface area contributed by atoms with Gasteiger partial charge in [-0.1, -0.05) is 21.2 Å². The van der Waals surface area contributed by atoms with Gasteiger partial charge in [0.2, 0.25) is 0 Å². The van der Waals surface area contributed by atoms with Crippen LogP contribution < -0.4 is 0 Å². The molecule has 0 saturated carbocycles. The Bertz CT molecular complexity index is 230. The zero-order valence-electron chi connectivity index (χ0n) is 7.93. The van der Waals surface area contributed by atoms with Gasteiger partial charge in [0.05, 0.1) is 0 Å². The third-order valence-corrected chi connectivity index (χ3v) is 28.6. The number of fused-ring (bicyclic) bond motifs is 3. The summed E-state index contributed by atoms with van der Waals surface area (Å²) in [5.41, 5.74) is 0. The highest BCUT2D eigenvalue weighted by Gasteiger charge is 2.46. The van der Waals surface area contributed by atoms with Gasteiger partial charge >= 0.3 is 0 Å². The second kappa shape index (κ2) is 4.13. The van der Waals surface area contributed by atoms with Crippen LogP contribution in [0.5, 0.6) is 0 Å². The van der Waals surface area contributed by atoms with E-state index in [2.05, 4.69) is 12.2 Å². The molecule has 4 rings (SSSR count). The highest BCUT2D eigenvalue weighted by atomic mass is 29.3. The van der Waals surface area contributed by atoms with E-state index >= 15 is 0 Å². The first-order valence-electron chi connectivity index (χ1n) is 5.14. The van der Waals surface area contributed by atoms with E-state index < -0.39 is 0 Å². The van der Waals surface area contributed by atoms with Gasteiger partial charge in [-0.05, 0) is 25.2 Å². The standard InChI is InChI=1S/C8H10Si6/c1-2-4-6(5-3-1)8-12-9-7(10-13-8)11-14-8/h2,4,6-7H,1,3,5H2. The largest absolute Gasteiger partial charge is 0.0883 e. The van der Waals surface area contributed by atoms with Crippen LogP contribution in [-0.4, -0.2) is 54.2 Å². The third-order valence-electron chi connectivity index (χ3n) is 3.05. The molecule has 0 spiro atoms. The zero-order valence-corrected chi connectivity index (χ0v) is 13.9. The molecule has 1 unspecified atom stereocenters. The summed E-state index contributed by atoms with van der Waals surface area (Å²) in [5.74, 6) is 1.01. The highest BCUT2D eigenvalue weighted by Crippen LogP contribution is 2.43. The van der Waals surface area contributed by atoms with Gasteiger partial charge in [0.25, 0.3) is 0 Å². The van der Waals surface area contributed by atoms with Crippen molar-refractivity contribution < 1.29 is 0 Å². The lowest BCUT2D eigenvalue weighted by atomic mass is 9.97. The SMILES string of the molecule is C1=CC(C23[Si][Si]C([Si][Si]2)[Si][Si]3)CCC1. The predicted octanol–water partition coefficient (Wildman–Crippen LogP) is 0.117. The molecule has 2 bridgehead atoms. The van der Waals surface area contributed by atoms with Crippen LogP contribution in [0.1, 0.15) is 19.3 Å². The number of allylic oxidation sites excluding steroid dienone is 2. The summed E-state index contributed by atoms with van der Waals surface area (Å²) >= 11 is 0. The molecule has 0 amide bonds. The van der Waals surface area contributed by atoms with Gasteiger partial charge < -0.3 is 0 Å². The van der Waals surface area contributed by atoms with Gasteiger partial charge in [-0.15, -0.1) is 0 Å². The lowest BCUT2D eigenvalue weighted by molar-refractivity contribution is 0.540. The molecule has 4 aliphatic rings. The van der Waals surface area contributed by atoms with Crippen LogP contribution in [0.4, 0.5) is 0 Å². The van der Waals surface area contributed by atoms with Crippen LogP contribution in [0.2, 0.25) is 9.07 Å². The maximum Gasteiger partial charge on any atom is 0.0221 e. The Morgan fingerprint density at radius 1 is 1.07 bits per heavy atom.